The Labute approximate surface area is 58.5 Å². The number of ether oxygens (including phenoxy) is 1. The molecule has 1 heterocycles. The number of nitrogens with one attached hydrogen (secondary N) is 2. The molecular formula is C6H8N2O2. The van der Waals surface area contributed by atoms with E-state index in [1.165, 1.54) is 6.92 Å². The van der Waals surface area contributed by atoms with Crippen LogP contribution in [0.4, 0.5) is 0 Å². The van der Waals surface area contributed by atoms with Gasteiger partial charge in [0.05, 0.1) is 6.20 Å². The predicted molar refractivity (Wildman–Crippen MR) is 35.3 cm³/mol. The first-order valence-electron chi connectivity index (χ1n) is 2.85. The minimum Gasteiger partial charge on any atom is -0.425 e. The van der Waals surface area contributed by atoms with Crippen LogP contribution in [0.2, 0.25) is 0 Å². The summed E-state index contributed by atoms with van der Waals surface area (Å²) in [5.41, 5.74) is 5.35. The molecule has 54 valence electrons. The third kappa shape index (κ3) is 1.81. The van der Waals surface area contributed by atoms with E-state index < -0.39 is 0 Å². The molecular weight excluding hydrogens is 132 g/mol. The molecule has 1 aliphatic rings. The number of rotatable bonds is 1. The van der Waals surface area contributed by atoms with Crippen molar-refractivity contribution < 1.29 is 9.53 Å². The average molecular weight is 140 g/mol. The highest BCUT2D eigenvalue weighted by atomic mass is 16.5. The Morgan fingerprint density at radius 1 is 1.60 bits per heavy atom. The molecule has 0 amide bonds. The normalized spacial score (nSPS) is 14.7. The Bertz CT molecular complexity index is 196. The lowest BCUT2D eigenvalue weighted by Gasteiger charge is -2.08. The zero-order chi connectivity index (χ0) is 7.40. The minimum absolute atomic E-state index is 0.320. The molecule has 4 nitrogen and oxygen atoms in total. The smallest absolute Gasteiger partial charge is 0.308 e. The van der Waals surface area contributed by atoms with Crippen molar-refractivity contribution in [2.45, 2.75) is 6.92 Å². The second-order valence-corrected chi connectivity index (χ2v) is 1.76. The van der Waals surface area contributed by atoms with Crippen molar-refractivity contribution in [3.8, 4) is 0 Å². The van der Waals surface area contributed by atoms with Crippen LogP contribution >= 0.6 is 0 Å². The highest BCUT2D eigenvalue weighted by Gasteiger charge is 1.98. The molecule has 0 saturated carbocycles. The van der Waals surface area contributed by atoms with Crippen LogP contribution in [0, 0.1) is 0 Å². The van der Waals surface area contributed by atoms with Crippen molar-refractivity contribution in [1.82, 2.24) is 10.9 Å². The van der Waals surface area contributed by atoms with Gasteiger partial charge in [0.25, 0.3) is 0 Å². The monoisotopic (exact) mass is 140 g/mol. The lowest BCUT2D eigenvalue weighted by molar-refractivity contribution is -0.136. The third-order valence-corrected chi connectivity index (χ3v) is 0.890. The van der Waals surface area contributed by atoms with Gasteiger partial charge in [-0.25, -0.2) is 0 Å². The van der Waals surface area contributed by atoms with Crippen LogP contribution in [-0.4, -0.2) is 5.97 Å². The number of carbonyl (C=O) groups is 1. The molecule has 0 atom stereocenters. The molecule has 4 heteroatoms. The van der Waals surface area contributed by atoms with Gasteiger partial charge in [0.2, 0.25) is 0 Å². The fraction of sp³-hybridized carbons (Fsp3) is 0.167. The number of hydrazine groups is 1. The van der Waals surface area contributed by atoms with Crippen LogP contribution in [0.25, 0.3) is 0 Å². The van der Waals surface area contributed by atoms with Gasteiger partial charge < -0.3 is 15.6 Å². The molecule has 0 spiro atoms. The van der Waals surface area contributed by atoms with Gasteiger partial charge in [-0.3, -0.25) is 4.79 Å². The molecule has 2 N–H and O–H groups in total. The first kappa shape index (κ1) is 6.67. The Kier molecular flexibility index (Phi) is 1.94. The summed E-state index contributed by atoms with van der Waals surface area (Å²) in [5, 5.41) is 0. The van der Waals surface area contributed by atoms with E-state index in [4.69, 9.17) is 4.74 Å². The maximum absolute atomic E-state index is 10.4. The van der Waals surface area contributed by atoms with E-state index in [-0.39, 0.29) is 5.97 Å². The summed E-state index contributed by atoms with van der Waals surface area (Å²) >= 11 is 0. The molecule has 0 aliphatic carbocycles. The zero-order valence-corrected chi connectivity index (χ0v) is 5.55. The Morgan fingerprint density at radius 3 is 2.90 bits per heavy atom. The number of hydrogen-bond donors (Lipinski definition) is 2. The van der Waals surface area contributed by atoms with Crippen molar-refractivity contribution in [3.63, 3.8) is 0 Å². The first-order valence-corrected chi connectivity index (χ1v) is 2.85. The number of allylic oxidation sites excluding steroid dienone is 1. The fourth-order valence-corrected chi connectivity index (χ4v) is 0.562. The second-order valence-electron chi connectivity index (χ2n) is 1.76. The van der Waals surface area contributed by atoms with Gasteiger partial charge in [0, 0.05) is 19.2 Å². The molecule has 0 aromatic carbocycles. The highest BCUT2D eigenvalue weighted by Crippen LogP contribution is 1.99. The van der Waals surface area contributed by atoms with Crippen molar-refractivity contribution in [1.29, 1.82) is 0 Å². The number of carbonyl (C=O) groups excluding carboxylic acids is 1. The van der Waals surface area contributed by atoms with Crippen molar-refractivity contribution in [2.24, 2.45) is 0 Å². The molecule has 0 bridgehead atoms. The summed E-state index contributed by atoms with van der Waals surface area (Å²) in [5.74, 6) is 0.186. The zero-order valence-electron chi connectivity index (χ0n) is 5.55. The summed E-state index contributed by atoms with van der Waals surface area (Å²) < 4.78 is 4.72. The number of hydrogen-bond acceptors (Lipinski definition) is 4. The summed E-state index contributed by atoms with van der Waals surface area (Å²) in [6, 6.07) is 0. The van der Waals surface area contributed by atoms with Gasteiger partial charge in [-0.15, -0.1) is 0 Å². The van der Waals surface area contributed by atoms with Crippen LogP contribution < -0.4 is 10.9 Å². The van der Waals surface area contributed by atoms with Gasteiger partial charge in [-0.2, -0.15) is 0 Å². The molecule has 1 aliphatic heterocycles. The van der Waals surface area contributed by atoms with Crippen molar-refractivity contribution >= 4 is 5.97 Å². The second kappa shape index (κ2) is 2.91. The summed E-state index contributed by atoms with van der Waals surface area (Å²) in [6.07, 6.45) is 4.84. The Balaban J connectivity index is 2.48. The van der Waals surface area contributed by atoms with Gasteiger partial charge >= 0.3 is 5.97 Å². The standard InChI is InChI=1S/C6H8N2O2/c1-5(9)10-6-2-3-7-8-4-6/h2-4,7-8H,1H3. The van der Waals surface area contributed by atoms with E-state index in [1.54, 1.807) is 18.5 Å². The molecule has 0 radical (unpaired) electrons. The largest absolute Gasteiger partial charge is 0.425 e. The number of esters is 1. The van der Waals surface area contributed by atoms with Crippen LogP contribution in [0.3, 0.4) is 0 Å². The summed E-state index contributed by atoms with van der Waals surface area (Å²) in [7, 11) is 0. The van der Waals surface area contributed by atoms with E-state index in [1.807, 2.05) is 0 Å². The Hall–Kier alpha value is -1.45. The topological polar surface area (TPSA) is 50.4 Å². The van der Waals surface area contributed by atoms with Crippen molar-refractivity contribution in [3.05, 3.63) is 24.2 Å². The maximum Gasteiger partial charge on any atom is 0.308 e. The molecule has 0 saturated heterocycles. The molecule has 10 heavy (non-hydrogen) atoms. The molecule has 0 unspecified atom stereocenters. The van der Waals surface area contributed by atoms with Crippen LogP contribution in [0.1, 0.15) is 6.92 Å². The fourth-order valence-electron chi connectivity index (χ4n) is 0.562. The van der Waals surface area contributed by atoms with Crippen LogP contribution in [0.15, 0.2) is 24.2 Å². The average Bonchev–Trinajstić information content (AvgIpc) is 1.88. The van der Waals surface area contributed by atoms with Gasteiger partial charge in [0.15, 0.2) is 0 Å². The molecule has 0 aromatic rings. The van der Waals surface area contributed by atoms with Gasteiger partial charge in [-0.1, -0.05) is 0 Å². The quantitative estimate of drug-likeness (QED) is 0.504. The summed E-state index contributed by atoms with van der Waals surface area (Å²) in [4.78, 5) is 10.4. The maximum atomic E-state index is 10.4. The van der Waals surface area contributed by atoms with E-state index in [0.29, 0.717) is 5.76 Å². The SMILES string of the molecule is CC(=O)OC1=CNNC=C1. The summed E-state index contributed by atoms with van der Waals surface area (Å²) in [6.45, 7) is 1.36. The lowest BCUT2D eigenvalue weighted by atomic mass is 10.5. The van der Waals surface area contributed by atoms with Gasteiger partial charge in [-0.05, 0) is 0 Å². The van der Waals surface area contributed by atoms with Crippen LogP contribution in [-0.2, 0) is 9.53 Å². The third-order valence-electron chi connectivity index (χ3n) is 0.890. The Morgan fingerprint density at radius 2 is 2.40 bits per heavy atom. The molecule has 0 fully saturated rings. The van der Waals surface area contributed by atoms with Crippen molar-refractivity contribution in [2.75, 3.05) is 0 Å². The molecule has 1 rings (SSSR count). The highest BCUT2D eigenvalue weighted by molar-refractivity contribution is 5.67. The van der Waals surface area contributed by atoms with E-state index in [9.17, 15) is 4.79 Å². The van der Waals surface area contributed by atoms with E-state index >= 15 is 0 Å². The molecule has 0 aromatic heterocycles. The minimum atomic E-state index is -0.320. The predicted octanol–water partition coefficient (Wildman–Crippen LogP) is 0.0124. The van der Waals surface area contributed by atoms with Gasteiger partial charge in [0.1, 0.15) is 5.76 Å². The first-order chi connectivity index (χ1) is 4.79. The van der Waals surface area contributed by atoms with Crippen LogP contribution in [0.5, 0.6) is 0 Å². The van der Waals surface area contributed by atoms with E-state index in [0.717, 1.165) is 0 Å². The lowest BCUT2D eigenvalue weighted by Crippen LogP contribution is -2.24. The van der Waals surface area contributed by atoms with E-state index in [2.05, 4.69) is 10.9 Å².